The van der Waals surface area contributed by atoms with Crippen LogP contribution in [0, 0.1) is 0 Å². The maximum absolute atomic E-state index is 3.94. The third-order valence-corrected chi connectivity index (χ3v) is 1.09. The zero-order chi connectivity index (χ0) is 6.81. The van der Waals surface area contributed by atoms with Gasteiger partial charge < -0.3 is 4.98 Å². The van der Waals surface area contributed by atoms with E-state index >= 15 is 0 Å². The first-order chi connectivity index (χ1) is 4.97. The fourth-order valence-corrected chi connectivity index (χ4v) is 0.683. The summed E-state index contributed by atoms with van der Waals surface area (Å²) in [5.41, 5.74) is 3.56. The third kappa shape index (κ3) is 0.680. The Morgan fingerprint density at radius 1 is 1.40 bits per heavy atom. The molecule has 2 rings (SSSR count). The molecule has 10 heavy (non-hydrogen) atoms. The van der Waals surface area contributed by atoms with Gasteiger partial charge in [0.1, 0.15) is 6.34 Å². The summed E-state index contributed by atoms with van der Waals surface area (Å²) >= 11 is 0. The Kier molecular flexibility index (Phi) is 1.00. The van der Waals surface area contributed by atoms with Gasteiger partial charge in [-0.2, -0.15) is 0 Å². The minimum atomic E-state index is 0.532. The lowest BCUT2D eigenvalue weighted by Crippen LogP contribution is -1.96. The van der Waals surface area contributed by atoms with Gasteiger partial charge >= 0.3 is 0 Å². The van der Waals surface area contributed by atoms with Crippen molar-refractivity contribution in [2.45, 2.75) is 0 Å². The SMILES string of the molecule is C1=NC(c2ncc[nH]2)=N[N]1. The zero-order valence-corrected chi connectivity index (χ0v) is 5.02. The lowest BCUT2D eigenvalue weighted by Gasteiger charge is -1.84. The first kappa shape index (κ1) is 5.16. The molecule has 49 valence electrons. The number of rotatable bonds is 1. The van der Waals surface area contributed by atoms with Crippen LogP contribution in [0.15, 0.2) is 22.5 Å². The van der Waals surface area contributed by atoms with E-state index in [1.165, 1.54) is 6.34 Å². The normalized spacial score (nSPS) is 15.0. The molecule has 1 N–H and O–H groups in total. The molecule has 5 heteroatoms. The van der Waals surface area contributed by atoms with E-state index in [0.29, 0.717) is 11.7 Å². The summed E-state index contributed by atoms with van der Waals surface area (Å²) in [6.45, 7) is 0. The second kappa shape index (κ2) is 1.94. The predicted octanol–water partition coefficient (Wildman–Crippen LogP) is -0.282. The number of aromatic amines is 1. The van der Waals surface area contributed by atoms with E-state index in [9.17, 15) is 0 Å². The summed E-state index contributed by atoms with van der Waals surface area (Å²) in [6.07, 6.45) is 4.75. The van der Waals surface area contributed by atoms with Gasteiger partial charge in [-0.15, -0.1) is 10.5 Å². The van der Waals surface area contributed by atoms with Crippen LogP contribution in [0.3, 0.4) is 0 Å². The molecule has 0 fully saturated rings. The monoisotopic (exact) mass is 134 g/mol. The highest BCUT2D eigenvalue weighted by atomic mass is 15.4. The molecule has 1 aliphatic heterocycles. The highest BCUT2D eigenvalue weighted by Crippen LogP contribution is 1.96. The van der Waals surface area contributed by atoms with Crippen molar-refractivity contribution in [2.24, 2.45) is 10.1 Å². The molecule has 0 saturated carbocycles. The highest BCUT2D eigenvalue weighted by molar-refractivity contribution is 6.02. The van der Waals surface area contributed by atoms with E-state index < -0.39 is 0 Å². The van der Waals surface area contributed by atoms with Crippen molar-refractivity contribution in [3.05, 3.63) is 18.2 Å². The summed E-state index contributed by atoms with van der Waals surface area (Å²) in [5.74, 6) is 1.18. The van der Waals surface area contributed by atoms with Crippen LogP contribution in [0.4, 0.5) is 0 Å². The van der Waals surface area contributed by atoms with Crippen molar-refractivity contribution in [1.29, 1.82) is 0 Å². The standard InChI is InChI=1S/C5H4N5/c1-2-7-4(6-1)5-8-3-9-10-5/h1-3H,(H,6,7). The van der Waals surface area contributed by atoms with Gasteiger partial charge in [0, 0.05) is 12.4 Å². The van der Waals surface area contributed by atoms with Gasteiger partial charge in [-0.1, -0.05) is 0 Å². The highest BCUT2D eigenvalue weighted by Gasteiger charge is 2.06. The fourth-order valence-electron chi connectivity index (χ4n) is 0.683. The van der Waals surface area contributed by atoms with Gasteiger partial charge in [-0.3, -0.25) is 0 Å². The lowest BCUT2D eigenvalue weighted by molar-refractivity contribution is 1.05. The molecule has 0 atom stereocenters. The smallest absolute Gasteiger partial charge is 0.219 e. The van der Waals surface area contributed by atoms with Crippen LogP contribution in [0.1, 0.15) is 5.82 Å². The van der Waals surface area contributed by atoms with Gasteiger partial charge in [0.2, 0.25) is 5.84 Å². The van der Waals surface area contributed by atoms with Crippen molar-refractivity contribution in [3.8, 4) is 0 Å². The maximum atomic E-state index is 3.94. The predicted molar refractivity (Wildman–Crippen MR) is 35.8 cm³/mol. The topological polar surface area (TPSA) is 67.5 Å². The summed E-state index contributed by atoms with van der Waals surface area (Å²) in [7, 11) is 0. The number of imidazole rings is 1. The average Bonchev–Trinajstić information content (AvgIpc) is 2.59. The average molecular weight is 134 g/mol. The van der Waals surface area contributed by atoms with Crippen LogP contribution >= 0.6 is 0 Å². The third-order valence-electron chi connectivity index (χ3n) is 1.09. The van der Waals surface area contributed by atoms with E-state index in [4.69, 9.17) is 0 Å². The number of hydrogen-bond acceptors (Lipinski definition) is 3. The van der Waals surface area contributed by atoms with Crippen molar-refractivity contribution in [1.82, 2.24) is 15.4 Å². The summed E-state index contributed by atoms with van der Waals surface area (Å²) in [5, 5.41) is 3.70. The summed E-state index contributed by atoms with van der Waals surface area (Å²) in [4.78, 5) is 10.6. The Bertz CT molecular complexity index is 270. The van der Waals surface area contributed by atoms with Crippen molar-refractivity contribution >= 4 is 12.2 Å². The Morgan fingerprint density at radius 3 is 3.00 bits per heavy atom. The molecule has 1 aliphatic rings. The number of nitrogens with one attached hydrogen (secondary N) is 1. The minimum absolute atomic E-state index is 0.532. The molecule has 0 unspecified atom stereocenters. The van der Waals surface area contributed by atoms with Gasteiger partial charge in [0.05, 0.1) is 0 Å². The van der Waals surface area contributed by atoms with Crippen molar-refractivity contribution in [3.63, 3.8) is 0 Å². The largest absolute Gasteiger partial charge is 0.342 e. The van der Waals surface area contributed by atoms with Gasteiger partial charge in [0.15, 0.2) is 5.82 Å². The molecule has 1 aromatic rings. The number of nitrogens with zero attached hydrogens (tertiary/aromatic N) is 4. The van der Waals surface area contributed by atoms with E-state index in [-0.39, 0.29) is 0 Å². The molecule has 1 radical (unpaired) electrons. The Morgan fingerprint density at radius 2 is 2.40 bits per heavy atom. The van der Waals surface area contributed by atoms with Crippen LogP contribution in [-0.4, -0.2) is 22.1 Å². The minimum Gasteiger partial charge on any atom is -0.342 e. The molecule has 0 aliphatic carbocycles. The Balaban J connectivity index is 2.36. The van der Waals surface area contributed by atoms with Gasteiger partial charge in [-0.05, 0) is 0 Å². The first-order valence-electron chi connectivity index (χ1n) is 2.77. The molecular formula is C5H4N5. The van der Waals surface area contributed by atoms with Crippen LogP contribution in [0.25, 0.3) is 0 Å². The number of amidine groups is 1. The molecule has 5 nitrogen and oxygen atoms in total. The van der Waals surface area contributed by atoms with Crippen molar-refractivity contribution in [2.75, 3.05) is 0 Å². The maximum Gasteiger partial charge on any atom is 0.219 e. The number of H-pyrrole nitrogens is 1. The lowest BCUT2D eigenvalue weighted by atomic mass is 10.6. The van der Waals surface area contributed by atoms with Crippen LogP contribution < -0.4 is 5.43 Å². The second-order valence-electron chi connectivity index (χ2n) is 1.72. The molecule has 2 heterocycles. The van der Waals surface area contributed by atoms with E-state index in [2.05, 4.69) is 25.5 Å². The summed E-state index contributed by atoms with van der Waals surface area (Å²) in [6, 6.07) is 0. The number of aromatic nitrogens is 2. The van der Waals surface area contributed by atoms with E-state index in [1.807, 2.05) is 0 Å². The number of aliphatic imine (C=N–C) groups is 1. The fraction of sp³-hybridized carbons (Fsp3) is 0. The van der Waals surface area contributed by atoms with E-state index in [1.54, 1.807) is 12.4 Å². The second-order valence-corrected chi connectivity index (χ2v) is 1.72. The van der Waals surface area contributed by atoms with Gasteiger partial charge in [-0.25, -0.2) is 9.98 Å². The molecule has 0 spiro atoms. The first-order valence-corrected chi connectivity index (χ1v) is 2.77. The molecule has 0 aromatic carbocycles. The molecule has 0 amide bonds. The van der Waals surface area contributed by atoms with Crippen LogP contribution in [-0.2, 0) is 0 Å². The Labute approximate surface area is 56.9 Å². The van der Waals surface area contributed by atoms with Crippen LogP contribution in [0.5, 0.6) is 0 Å². The molecule has 1 aromatic heterocycles. The Hall–Kier alpha value is -1.65. The zero-order valence-electron chi connectivity index (χ0n) is 5.02. The number of hydrogen-bond donors (Lipinski definition) is 1. The molecule has 0 saturated heterocycles. The van der Waals surface area contributed by atoms with Crippen LogP contribution in [0.2, 0.25) is 0 Å². The molecule has 0 bridgehead atoms. The van der Waals surface area contributed by atoms with Gasteiger partial charge in [0.25, 0.3) is 0 Å². The van der Waals surface area contributed by atoms with Crippen molar-refractivity contribution < 1.29 is 0 Å². The van der Waals surface area contributed by atoms with E-state index in [0.717, 1.165) is 0 Å². The summed E-state index contributed by atoms with van der Waals surface area (Å²) < 4.78 is 0. The quantitative estimate of drug-likeness (QED) is 0.563. The molecular weight excluding hydrogens is 130 g/mol.